The van der Waals surface area contributed by atoms with Crippen molar-refractivity contribution < 1.29 is 19.1 Å². The van der Waals surface area contributed by atoms with Gasteiger partial charge < -0.3 is 20.1 Å². The van der Waals surface area contributed by atoms with E-state index in [-0.39, 0.29) is 11.8 Å². The maximum atomic E-state index is 12.0. The van der Waals surface area contributed by atoms with E-state index in [2.05, 4.69) is 15.6 Å². The number of ether oxygens (including phenoxy) is 2. The summed E-state index contributed by atoms with van der Waals surface area (Å²) in [5, 5.41) is 5.29. The number of carbonyl (C=O) groups is 2. The fourth-order valence-corrected chi connectivity index (χ4v) is 1.96. The molecule has 2 rings (SSSR count). The molecule has 1 heterocycles. The van der Waals surface area contributed by atoms with Gasteiger partial charge in [-0.3, -0.25) is 9.59 Å². The zero-order valence-corrected chi connectivity index (χ0v) is 14.4. The zero-order chi connectivity index (χ0) is 18.2. The van der Waals surface area contributed by atoms with Crippen molar-refractivity contribution in [3.8, 4) is 17.4 Å². The van der Waals surface area contributed by atoms with Crippen molar-refractivity contribution in [1.82, 2.24) is 10.3 Å². The molecule has 0 aliphatic rings. The number of hydrogen-bond donors (Lipinski definition) is 2. The number of benzene rings is 1. The molecule has 0 spiro atoms. The Hall–Kier alpha value is -3.09. The molecule has 0 radical (unpaired) electrons. The Balaban J connectivity index is 1.95. The van der Waals surface area contributed by atoms with E-state index in [1.807, 2.05) is 12.1 Å². The predicted octanol–water partition coefficient (Wildman–Crippen LogP) is 2.74. The molecule has 2 N–H and O–H groups in total. The van der Waals surface area contributed by atoms with Crippen molar-refractivity contribution in [2.45, 2.75) is 26.3 Å². The van der Waals surface area contributed by atoms with Crippen LogP contribution in [-0.2, 0) is 9.59 Å². The highest BCUT2D eigenvalue weighted by Crippen LogP contribution is 2.24. The van der Waals surface area contributed by atoms with Crippen LogP contribution in [0.3, 0.4) is 0 Å². The lowest BCUT2D eigenvalue weighted by Crippen LogP contribution is -2.41. The van der Waals surface area contributed by atoms with Gasteiger partial charge in [-0.1, -0.05) is 13.0 Å². The number of rotatable bonds is 7. The molecule has 25 heavy (non-hydrogen) atoms. The molecule has 1 unspecified atom stereocenters. The van der Waals surface area contributed by atoms with E-state index in [4.69, 9.17) is 9.47 Å². The Bertz CT molecular complexity index is 731. The molecule has 0 bridgehead atoms. The number of hydrogen-bond acceptors (Lipinski definition) is 5. The highest BCUT2D eigenvalue weighted by molar-refractivity contribution is 5.96. The van der Waals surface area contributed by atoms with Crippen LogP contribution in [0.1, 0.15) is 20.3 Å². The lowest BCUT2D eigenvalue weighted by Gasteiger charge is -2.13. The van der Waals surface area contributed by atoms with Crippen LogP contribution >= 0.6 is 0 Å². The first-order valence-corrected chi connectivity index (χ1v) is 7.90. The van der Waals surface area contributed by atoms with E-state index in [1.54, 1.807) is 45.2 Å². The monoisotopic (exact) mass is 343 g/mol. The standard InChI is InChI=1S/C18H21N3O4/c1-4-16(22)20-12(2)18(23)21-13-8-9-17(19-11-13)25-15-7-5-6-14(10-15)24-3/h5-12H,4H2,1-3H3,(H,20,22)(H,21,23). The van der Waals surface area contributed by atoms with Gasteiger partial charge in [0.05, 0.1) is 19.0 Å². The Morgan fingerprint density at radius 1 is 1.20 bits per heavy atom. The molecule has 7 nitrogen and oxygen atoms in total. The molecule has 2 aromatic rings. The van der Waals surface area contributed by atoms with E-state index in [0.717, 1.165) is 0 Å². The van der Waals surface area contributed by atoms with Gasteiger partial charge in [-0.25, -0.2) is 4.98 Å². The van der Waals surface area contributed by atoms with Gasteiger partial charge in [0.15, 0.2) is 0 Å². The number of nitrogens with one attached hydrogen (secondary N) is 2. The minimum absolute atomic E-state index is 0.178. The van der Waals surface area contributed by atoms with Crippen molar-refractivity contribution >= 4 is 17.5 Å². The van der Waals surface area contributed by atoms with Crippen LogP contribution in [0.15, 0.2) is 42.6 Å². The molecule has 0 aliphatic heterocycles. The van der Waals surface area contributed by atoms with E-state index in [1.165, 1.54) is 6.20 Å². The molecule has 0 aliphatic carbocycles. The van der Waals surface area contributed by atoms with Crippen LogP contribution in [0.4, 0.5) is 5.69 Å². The highest BCUT2D eigenvalue weighted by atomic mass is 16.5. The van der Waals surface area contributed by atoms with Crippen LogP contribution in [-0.4, -0.2) is 29.9 Å². The maximum Gasteiger partial charge on any atom is 0.246 e. The van der Waals surface area contributed by atoms with Gasteiger partial charge in [-0.15, -0.1) is 0 Å². The average molecular weight is 343 g/mol. The van der Waals surface area contributed by atoms with Gasteiger partial charge in [-0.05, 0) is 25.1 Å². The molecule has 2 amide bonds. The van der Waals surface area contributed by atoms with Gasteiger partial charge in [0, 0.05) is 18.6 Å². The Kier molecular flexibility index (Phi) is 6.33. The first kappa shape index (κ1) is 18.3. The fraction of sp³-hybridized carbons (Fsp3) is 0.278. The minimum atomic E-state index is -0.625. The van der Waals surface area contributed by atoms with Crippen LogP contribution in [0.25, 0.3) is 0 Å². The van der Waals surface area contributed by atoms with Gasteiger partial charge in [0.25, 0.3) is 0 Å². The summed E-state index contributed by atoms with van der Waals surface area (Å²) in [6.07, 6.45) is 1.82. The molecule has 1 aromatic carbocycles. The van der Waals surface area contributed by atoms with Crippen molar-refractivity contribution in [2.75, 3.05) is 12.4 Å². The van der Waals surface area contributed by atoms with Crippen molar-refractivity contribution in [1.29, 1.82) is 0 Å². The lowest BCUT2D eigenvalue weighted by atomic mass is 10.3. The smallest absolute Gasteiger partial charge is 0.246 e. The summed E-state index contributed by atoms with van der Waals surface area (Å²) in [5.41, 5.74) is 0.514. The zero-order valence-electron chi connectivity index (χ0n) is 14.4. The number of nitrogens with zero attached hydrogens (tertiary/aromatic N) is 1. The summed E-state index contributed by atoms with van der Waals surface area (Å²) in [4.78, 5) is 27.5. The van der Waals surface area contributed by atoms with E-state index < -0.39 is 6.04 Å². The summed E-state index contributed by atoms with van der Waals surface area (Å²) in [6, 6.07) is 9.86. The second-order valence-electron chi connectivity index (χ2n) is 5.30. The number of pyridine rings is 1. The lowest BCUT2D eigenvalue weighted by molar-refractivity contribution is -0.125. The second-order valence-corrected chi connectivity index (χ2v) is 5.30. The molecule has 132 valence electrons. The molecular weight excluding hydrogens is 322 g/mol. The summed E-state index contributed by atoms with van der Waals surface area (Å²) in [6.45, 7) is 3.35. The summed E-state index contributed by atoms with van der Waals surface area (Å²) in [7, 11) is 1.58. The number of anilines is 1. The van der Waals surface area contributed by atoms with Gasteiger partial charge in [0.1, 0.15) is 17.5 Å². The van der Waals surface area contributed by atoms with Gasteiger partial charge in [-0.2, -0.15) is 0 Å². The normalized spacial score (nSPS) is 11.3. The molecule has 0 saturated heterocycles. The summed E-state index contributed by atoms with van der Waals surface area (Å²) in [5.74, 6) is 1.18. The third-order valence-corrected chi connectivity index (χ3v) is 3.36. The Morgan fingerprint density at radius 3 is 2.60 bits per heavy atom. The average Bonchev–Trinajstić information content (AvgIpc) is 2.63. The molecule has 0 fully saturated rings. The summed E-state index contributed by atoms with van der Waals surface area (Å²) >= 11 is 0. The summed E-state index contributed by atoms with van der Waals surface area (Å²) < 4.78 is 10.8. The number of aromatic nitrogens is 1. The van der Waals surface area contributed by atoms with Crippen LogP contribution in [0, 0.1) is 0 Å². The third-order valence-electron chi connectivity index (χ3n) is 3.36. The first-order chi connectivity index (χ1) is 12.0. The molecule has 0 saturated carbocycles. The molecule has 1 atom stereocenters. The quantitative estimate of drug-likeness (QED) is 0.807. The van der Waals surface area contributed by atoms with E-state index >= 15 is 0 Å². The predicted molar refractivity (Wildman–Crippen MR) is 93.8 cm³/mol. The first-order valence-electron chi connectivity index (χ1n) is 7.90. The van der Waals surface area contributed by atoms with Crippen molar-refractivity contribution in [3.05, 3.63) is 42.6 Å². The Morgan fingerprint density at radius 2 is 1.96 bits per heavy atom. The minimum Gasteiger partial charge on any atom is -0.497 e. The number of amides is 2. The molecule has 1 aromatic heterocycles. The number of carbonyl (C=O) groups excluding carboxylic acids is 2. The molecular formula is C18H21N3O4. The third kappa shape index (κ3) is 5.49. The SMILES string of the molecule is CCC(=O)NC(C)C(=O)Nc1ccc(Oc2cccc(OC)c2)nc1. The van der Waals surface area contributed by atoms with Gasteiger partial charge in [0.2, 0.25) is 17.7 Å². The fourth-order valence-electron chi connectivity index (χ4n) is 1.96. The van der Waals surface area contributed by atoms with Crippen molar-refractivity contribution in [2.24, 2.45) is 0 Å². The van der Waals surface area contributed by atoms with Crippen molar-refractivity contribution in [3.63, 3.8) is 0 Å². The maximum absolute atomic E-state index is 12.0. The molecule has 7 heteroatoms. The van der Waals surface area contributed by atoms with E-state index in [9.17, 15) is 9.59 Å². The van der Waals surface area contributed by atoms with Gasteiger partial charge >= 0.3 is 0 Å². The largest absolute Gasteiger partial charge is 0.497 e. The van der Waals surface area contributed by atoms with Crippen LogP contribution in [0.2, 0.25) is 0 Å². The second kappa shape index (κ2) is 8.68. The Labute approximate surface area is 146 Å². The van der Waals surface area contributed by atoms with E-state index in [0.29, 0.717) is 29.5 Å². The highest BCUT2D eigenvalue weighted by Gasteiger charge is 2.14. The topological polar surface area (TPSA) is 89.6 Å². The van der Waals surface area contributed by atoms with Crippen LogP contribution < -0.4 is 20.1 Å². The van der Waals surface area contributed by atoms with Crippen LogP contribution in [0.5, 0.6) is 17.4 Å². The number of methoxy groups -OCH3 is 1.